The third kappa shape index (κ3) is 4.97. The number of carbonyl (C=O) groups excluding carboxylic acids is 3. The van der Waals surface area contributed by atoms with Crippen molar-refractivity contribution >= 4 is 29.9 Å². The van der Waals surface area contributed by atoms with Gasteiger partial charge in [0.25, 0.3) is 5.91 Å². The van der Waals surface area contributed by atoms with Gasteiger partial charge in [-0.25, -0.2) is 0 Å². The van der Waals surface area contributed by atoms with E-state index < -0.39 is 17.4 Å². The summed E-state index contributed by atoms with van der Waals surface area (Å²) in [5.41, 5.74) is 0.589. The van der Waals surface area contributed by atoms with Gasteiger partial charge in [0.2, 0.25) is 0 Å². The van der Waals surface area contributed by atoms with E-state index in [1.165, 1.54) is 12.1 Å². The second kappa shape index (κ2) is 10.6. The molecule has 166 valence electrons. The lowest BCUT2D eigenvalue weighted by atomic mass is 9.82. The number of nitrogens with zero attached hydrogens (tertiary/aromatic N) is 1. The molecule has 1 aliphatic carbocycles. The molecule has 2 aromatic carbocycles. The van der Waals surface area contributed by atoms with Crippen molar-refractivity contribution < 1.29 is 19.5 Å². The number of benzene rings is 2. The van der Waals surface area contributed by atoms with Gasteiger partial charge in [0.05, 0.1) is 11.1 Å². The summed E-state index contributed by atoms with van der Waals surface area (Å²) in [5.74, 6) is -1.66. The number of nitrogens with one attached hydrogen (secondary N) is 1. The highest BCUT2D eigenvalue weighted by atomic mass is 35.5. The van der Waals surface area contributed by atoms with E-state index >= 15 is 0 Å². The van der Waals surface area contributed by atoms with Crippen molar-refractivity contribution in [3.8, 4) is 5.75 Å². The number of aromatic hydroxyl groups is 1. The third-order valence-electron chi connectivity index (χ3n) is 5.69. The molecule has 1 amide bonds. The maximum atomic E-state index is 12.9. The van der Waals surface area contributed by atoms with Gasteiger partial charge in [0.15, 0.2) is 11.6 Å². The number of phenols is 1. The lowest BCUT2D eigenvalue weighted by Crippen LogP contribution is -2.34. The second-order valence-corrected chi connectivity index (χ2v) is 7.63. The lowest BCUT2D eigenvalue weighted by Gasteiger charge is -2.21. The second-order valence-electron chi connectivity index (χ2n) is 7.63. The first-order valence-corrected chi connectivity index (χ1v) is 10.5. The number of phenolic OH excluding ortho intramolecular Hbond substituents is 1. The minimum atomic E-state index is -0.454. The molecule has 0 radical (unpaired) electrons. The fourth-order valence-electron chi connectivity index (χ4n) is 3.89. The zero-order valence-corrected chi connectivity index (χ0v) is 18.9. The Kier molecular flexibility index (Phi) is 8.36. The molecule has 0 saturated heterocycles. The van der Waals surface area contributed by atoms with Crippen LogP contribution in [0.1, 0.15) is 75.8 Å². The molecule has 0 saturated carbocycles. The number of hydrogen-bond donors (Lipinski definition) is 2. The minimum Gasteiger partial charge on any atom is -0.506 e. The molecule has 0 heterocycles. The van der Waals surface area contributed by atoms with Gasteiger partial charge in [-0.3, -0.25) is 14.4 Å². The molecule has 0 aliphatic heterocycles. The Bertz CT molecular complexity index is 986. The van der Waals surface area contributed by atoms with Crippen LogP contribution in [0.5, 0.6) is 5.75 Å². The van der Waals surface area contributed by atoms with Crippen LogP contribution in [0.4, 0.5) is 0 Å². The highest BCUT2D eigenvalue weighted by molar-refractivity contribution is 6.30. The average molecular weight is 445 g/mol. The van der Waals surface area contributed by atoms with Crippen LogP contribution in [-0.2, 0) is 0 Å². The highest BCUT2D eigenvalue weighted by Crippen LogP contribution is 2.34. The van der Waals surface area contributed by atoms with Gasteiger partial charge in [0.1, 0.15) is 5.75 Å². The fraction of sp³-hybridized carbons (Fsp3) is 0.375. The summed E-state index contributed by atoms with van der Waals surface area (Å²) in [7, 11) is 0. The molecule has 2 N–H and O–H groups in total. The predicted molar refractivity (Wildman–Crippen MR) is 123 cm³/mol. The largest absolute Gasteiger partial charge is 0.506 e. The minimum absolute atomic E-state index is 0. The van der Waals surface area contributed by atoms with Crippen molar-refractivity contribution in [1.82, 2.24) is 10.2 Å². The standard InChI is InChI=1S/C24H28N2O4.ClH/c1-4-26(5-2)14-8-9-15(3)25-24(30)19-13-12-18-20(23(19)29)22(28)17-11-7-6-10-16(17)21(18)27;/h6-7,10-13,15,29H,4-5,8-9,14H2,1-3H3,(H,25,30);1H. The van der Waals surface area contributed by atoms with Gasteiger partial charge in [-0.05, 0) is 51.5 Å². The van der Waals surface area contributed by atoms with Gasteiger partial charge < -0.3 is 15.3 Å². The first kappa shape index (κ1) is 24.6. The molecular weight excluding hydrogens is 416 g/mol. The van der Waals surface area contributed by atoms with Crippen LogP contribution in [0.2, 0.25) is 0 Å². The van der Waals surface area contributed by atoms with E-state index in [4.69, 9.17) is 0 Å². The van der Waals surface area contributed by atoms with Crippen molar-refractivity contribution in [3.05, 3.63) is 64.2 Å². The number of ketones is 2. The van der Waals surface area contributed by atoms with Crippen molar-refractivity contribution in [2.24, 2.45) is 0 Å². The molecule has 0 bridgehead atoms. The quantitative estimate of drug-likeness (QED) is 0.551. The summed E-state index contributed by atoms with van der Waals surface area (Å²) in [6, 6.07) is 9.29. The SMILES string of the molecule is CCN(CC)CCCC(C)NC(=O)c1ccc2c(c1O)C(=O)c1ccccc1C2=O.Cl. The maximum Gasteiger partial charge on any atom is 0.255 e. The first-order chi connectivity index (χ1) is 14.4. The summed E-state index contributed by atoms with van der Waals surface area (Å²) in [6.07, 6.45) is 1.75. The van der Waals surface area contributed by atoms with E-state index in [0.29, 0.717) is 5.56 Å². The van der Waals surface area contributed by atoms with Gasteiger partial charge >= 0.3 is 0 Å². The number of fused-ring (bicyclic) bond motifs is 2. The van der Waals surface area contributed by atoms with Gasteiger partial charge in [-0.2, -0.15) is 0 Å². The maximum absolute atomic E-state index is 12.9. The van der Waals surface area contributed by atoms with Crippen molar-refractivity contribution in [2.45, 2.75) is 39.7 Å². The van der Waals surface area contributed by atoms with Crippen LogP contribution in [0, 0.1) is 0 Å². The number of rotatable bonds is 8. The Morgan fingerprint density at radius 1 is 1.00 bits per heavy atom. The average Bonchev–Trinajstić information content (AvgIpc) is 2.74. The zero-order chi connectivity index (χ0) is 21.8. The molecule has 1 unspecified atom stereocenters. The molecule has 6 nitrogen and oxygen atoms in total. The van der Waals surface area contributed by atoms with Crippen LogP contribution in [0.15, 0.2) is 36.4 Å². The summed E-state index contributed by atoms with van der Waals surface area (Å²) in [4.78, 5) is 40.7. The van der Waals surface area contributed by atoms with Crippen LogP contribution in [0.3, 0.4) is 0 Å². The number of amides is 1. The summed E-state index contributed by atoms with van der Waals surface area (Å²) in [5, 5.41) is 13.6. The van der Waals surface area contributed by atoms with Crippen LogP contribution in [-0.4, -0.2) is 53.2 Å². The fourth-order valence-corrected chi connectivity index (χ4v) is 3.89. The monoisotopic (exact) mass is 444 g/mol. The lowest BCUT2D eigenvalue weighted by molar-refractivity contribution is 0.0932. The summed E-state index contributed by atoms with van der Waals surface area (Å²) >= 11 is 0. The predicted octanol–water partition coefficient (Wildman–Crippen LogP) is 3.83. The Balaban J connectivity index is 0.00000341. The topological polar surface area (TPSA) is 86.7 Å². The van der Waals surface area contributed by atoms with Gasteiger partial charge in [0, 0.05) is 22.7 Å². The molecule has 0 spiro atoms. The molecule has 0 fully saturated rings. The molecule has 31 heavy (non-hydrogen) atoms. The normalized spacial score (nSPS) is 13.3. The van der Waals surface area contributed by atoms with E-state index in [0.717, 1.165) is 32.5 Å². The first-order valence-electron chi connectivity index (χ1n) is 10.5. The van der Waals surface area contributed by atoms with E-state index in [1.54, 1.807) is 24.3 Å². The molecule has 0 aromatic heterocycles. The van der Waals surface area contributed by atoms with Crippen LogP contribution < -0.4 is 5.32 Å². The van der Waals surface area contributed by atoms with Crippen molar-refractivity contribution in [3.63, 3.8) is 0 Å². The van der Waals surface area contributed by atoms with Gasteiger partial charge in [-0.1, -0.05) is 38.1 Å². The van der Waals surface area contributed by atoms with Crippen molar-refractivity contribution in [1.29, 1.82) is 0 Å². The van der Waals surface area contributed by atoms with E-state index in [1.807, 2.05) is 6.92 Å². The number of carbonyl (C=O) groups is 3. The molecule has 1 atom stereocenters. The van der Waals surface area contributed by atoms with E-state index in [-0.39, 0.29) is 46.5 Å². The Morgan fingerprint density at radius 3 is 2.23 bits per heavy atom. The van der Waals surface area contributed by atoms with E-state index in [9.17, 15) is 19.5 Å². The van der Waals surface area contributed by atoms with Crippen molar-refractivity contribution in [2.75, 3.05) is 19.6 Å². The molecule has 3 rings (SSSR count). The Morgan fingerprint density at radius 2 is 1.61 bits per heavy atom. The van der Waals surface area contributed by atoms with Crippen LogP contribution >= 0.6 is 12.4 Å². The van der Waals surface area contributed by atoms with Crippen LogP contribution in [0.25, 0.3) is 0 Å². The van der Waals surface area contributed by atoms with E-state index in [2.05, 4.69) is 24.1 Å². The zero-order valence-electron chi connectivity index (χ0n) is 18.1. The number of halogens is 1. The summed E-state index contributed by atoms with van der Waals surface area (Å²) in [6.45, 7) is 9.12. The Labute approximate surface area is 189 Å². The smallest absolute Gasteiger partial charge is 0.255 e. The third-order valence-corrected chi connectivity index (χ3v) is 5.69. The molecule has 1 aliphatic rings. The molecular formula is C24H29ClN2O4. The van der Waals surface area contributed by atoms with Gasteiger partial charge in [-0.15, -0.1) is 12.4 Å². The Hall–Kier alpha value is -2.70. The summed E-state index contributed by atoms with van der Waals surface area (Å²) < 4.78 is 0. The molecule has 7 heteroatoms. The molecule has 2 aromatic rings. The number of hydrogen-bond acceptors (Lipinski definition) is 5. The highest BCUT2D eigenvalue weighted by Gasteiger charge is 2.33.